The Kier molecular flexibility index (Phi) is 4.36. The largest absolute Gasteiger partial charge is 0.296 e. The topological polar surface area (TPSA) is 90.9 Å². The molecule has 21 heavy (non-hydrogen) atoms. The first-order valence-corrected chi connectivity index (χ1v) is 8.35. The van der Waals surface area contributed by atoms with Crippen LogP contribution in [0.2, 0.25) is 5.02 Å². The van der Waals surface area contributed by atoms with Crippen molar-refractivity contribution in [3.63, 3.8) is 0 Å². The molecule has 0 radical (unpaired) electrons. The van der Waals surface area contributed by atoms with E-state index in [0.29, 0.717) is 23.0 Å². The van der Waals surface area contributed by atoms with E-state index in [-0.39, 0.29) is 11.1 Å². The summed E-state index contributed by atoms with van der Waals surface area (Å²) >= 11 is 6.30. The Bertz CT molecular complexity index is 768. The van der Waals surface area contributed by atoms with Crippen molar-refractivity contribution in [2.75, 3.05) is 0 Å². The Morgan fingerprint density at radius 3 is 2.57 bits per heavy atom. The maximum Gasteiger partial charge on any atom is 0.273 e. The number of aryl methyl sites for hydroxylation is 1. The zero-order chi connectivity index (χ0) is 15.8. The summed E-state index contributed by atoms with van der Waals surface area (Å²) in [5.74, 6) is 0.602. The molecule has 0 saturated heterocycles. The van der Waals surface area contributed by atoms with E-state index in [1.807, 2.05) is 32.9 Å². The molecule has 2 N–H and O–H groups in total. The average molecular weight is 329 g/mol. The lowest BCUT2D eigenvalue weighted by Gasteiger charge is -2.13. The average Bonchev–Trinajstić information content (AvgIpc) is 2.75. The van der Waals surface area contributed by atoms with Gasteiger partial charge in [-0.25, -0.2) is 13.6 Å². The SMILES string of the molecule is Cc1cccc(-c2nnc(S(N)(=O)=O)n2CC(C)C)c1Cl. The summed E-state index contributed by atoms with van der Waals surface area (Å²) < 4.78 is 24.8. The molecule has 114 valence electrons. The van der Waals surface area contributed by atoms with Crippen LogP contribution in [0.5, 0.6) is 0 Å². The maximum absolute atomic E-state index is 11.7. The van der Waals surface area contributed by atoms with Crippen LogP contribution in [0, 0.1) is 12.8 Å². The Labute approximate surface area is 129 Å². The fourth-order valence-corrected chi connectivity index (χ4v) is 2.88. The Balaban J connectivity index is 2.70. The van der Waals surface area contributed by atoms with E-state index in [2.05, 4.69) is 10.2 Å². The van der Waals surface area contributed by atoms with Crippen molar-refractivity contribution in [1.29, 1.82) is 0 Å². The third-order valence-electron chi connectivity index (χ3n) is 2.95. The summed E-state index contributed by atoms with van der Waals surface area (Å²) in [6.07, 6.45) is 0. The van der Waals surface area contributed by atoms with Gasteiger partial charge in [-0.3, -0.25) is 4.57 Å². The molecular formula is C13H17ClN4O2S. The van der Waals surface area contributed by atoms with Crippen LogP contribution in [0.4, 0.5) is 0 Å². The molecule has 0 aliphatic rings. The minimum absolute atomic E-state index is 0.198. The third kappa shape index (κ3) is 3.25. The number of hydrogen-bond donors (Lipinski definition) is 1. The number of primary sulfonamides is 1. The standard InChI is InChI=1S/C13H17ClN4O2S/c1-8(2)7-18-12(16-17-13(18)21(15,19)20)10-6-4-5-9(3)11(10)14/h4-6,8H,7H2,1-3H3,(H2,15,19,20). The number of aromatic nitrogens is 3. The lowest BCUT2D eigenvalue weighted by molar-refractivity contribution is 0.486. The quantitative estimate of drug-likeness (QED) is 0.931. The molecule has 1 aromatic heterocycles. The molecule has 0 atom stereocenters. The summed E-state index contributed by atoms with van der Waals surface area (Å²) in [6.45, 7) is 6.23. The van der Waals surface area contributed by atoms with E-state index >= 15 is 0 Å². The number of hydrogen-bond acceptors (Lipinski definition) is 4. The van der Waals surface area contributed by atoms with Gasteiger partial charge >= 0.3 is 0 Å². The molecule has 0 spiro atoms. The second-order valence-electron chi connectivity index (χ2n) is 5.29. The smallest absolute Gasteiger partial charge is 0.273 e. The van der Waals surface area contributed by atoms with Gasteiger partial charge in [0.05, 0.1) is 5.02 Å². The summed E-state index contributed by atoms with van der Waals surface area (Å²) in [5.41, 5.74) is 1.52. The van der Waals surface area contributed by atoms with Gasteiger partial charge in [0, 0.05) is 12.1 Å². The molecule has 6 nitrogen and oxygen atoms in total. The molecule has 2 rings (SSSR count). The minimum atomic E-state index is -3.94. The van der Waals surface area contributed by atoms with Gasteiger partial charge in [0.15, 0.2) is 5.82 Å². The first kappa shape index (κ1) is 15.9. The summed E-state index contributed by atoms with van der Waals surface area (Å²) in [5, 5.41) is 13.2. The Morgan fingerprint density at radius 2 is 2.00 bits per heavy atom. The van der Waals surface area contributed by atoms with Crippen molar-refractivity contribution >= 4 is 21.6 Å². The number of nitrogens with zero attached hydrogens (tertiary/aromatic N) is 3. The van der Waals surface area contributed by atoms with E-state index in [0.717, 1.165) is 5.56 Å². The highest BCUT2D eigenvalue weighted by atomic mass is 35.5. The van der Waals surface area contributed by atoms with Crippen LogP contribution in [0.25, 0.3) is 11.4 Å². The van der Waals surface area contributed by atoms with Gasteiger partial charge in [-0.2, -0.15) is 0 Å². The zero-order valence-corrected chi connectivity index (χ0v) is 13.6. The van der Waals surface area contributed by atoms with Gasteiger partial charge in [-0.1, -0.05) is 37.6 Å². The maximum atomic E-state index is 11.7. The van der Waals surface area contributed by atoms with Crippen LogP contribution in [0.3, 0.4) is 0 Å². The molecule has 1 aromatic carbocycles. The van der Waals surface area contributed by atoms with E-state index in [1.165, 1.54) is 4.57 Å². The van der Waals surface area contributed by atoms with Crippen molar-refractivity contribution in [3.8, 4) is 11.4 Å². The third-order valence-corrected chi connectivity index (χ3v) is 4.26. The van der Waals surface area contributed by atoms with Gasteiger partial charge in [0.25, 0.3) is 15.2 Å². The van der Waals surface area contributed by atoms with Crippen molar-refractivity contribution in [3.05, 3.63) is 28.8 Å². The second-order valence-corrected chi connectivity index (χ2v) is 7.13. The van der Waals surface area contributed by atoms with Gasteiger partial charge in [-0.15, -0.1) is 10.2 Å². The van der Waals surface area contributed by atoms with Crippen molar-refractivity contribution in [2.45, 2.75) is 32.5 Å². The second kappa shape index (κ2) is 5.75. The van der Waals surface area contributed by atoms with E-state index in [9.17, 15) is 8.42 Å². The molecule has 1 heterocycles. The predicted octanol–water partition coefficient (Wildman–Crippen LogP) is 2.21. The molecule has 0 aliphatic carbocycles. The highest BCUT2D eigenvalue weighted by Crippen LogP contribution is 2.30. The monoisotopic (exact) mass is 328 g/mol. The van der Waals surface area contributed by atoms with Gasteiger partial charge < -0.3 is 0 Å². The van der Waals surface area contributed by atoms with Crippen LogP contribution in [0.15, 0.2) is 23.4 Å². The van der Waals surface area contributed by atoms with Crippen molar-refractivity contribution in [2.24, 2.45) is 11.1 Å². The van der Waals surface area contributed by atoms with Crippen LogP contribution >= 0.6 is 11.6 Å². The molecule has 0 bridgehead atoms. The zero-order valence-electron chi connectivity index (χ0n) is 12.0. The van der Waals surface area contributed by atoms with Crippen LogP contribution in [-0.4, -0.2) is 23.2 Å². The Morgan fingerprint density at radius 1 is 1.33 bits per heavy atom. The number of benzene rings is 1. The van der Waals surface area contributed by atoms with Gasteiger partial charge in [0.1, 0.15) is 0 Å². The van der Waals surface area contributed by atoms with E-state index in [1.54, 1.807) is 6.07 Å². The van der Waals surface area contributed by atoms with Crippen LogP contribution in [-0.2, 0) is 16.6 Å². The highest BCUT2D eigenvalue weighted by molar-refractivity contribution is 7.89. The number of rotatable bonds is 4. The normalized spacial score (nSPS) is 12.1. The minimum Gasteiger partial charge on any atom is -0.296 e. The fraction of sp³-hybridized carbons (Fsp3) is 0.385. The number of halogens is 1. The van der Waals surface area contributed by atoms with Crippen LogP contribution in [0.1, 0.15) is 19.4 Å². The molecule has 0 saturated carbocycles. The van der Waals surface area contributed by atoms with E-state index in [4.69, 9.17) is 16.7 Å². The molecule has 0 unspecified atom stereocenters. The first-order valence-electron chi connectivity index (χ1n) is 6.43. The van der Waals surface area contributed by atoms with Crippen LogP contribution < -0.4 is 5.14 Å². The van der Waals surface area contributed by atoms with Crippen molar-refractivity contribution in [1.82, 2.24) is 14.8 Å². The Hall–Kier alpha value is -1.44. The molecule has 0 fully saturated rings. The lowest BCUT2D eigenvalue weighted by atomic mass is 10.1. The molecule has 0 aliphatic heterocycles. The molecular weight excluding hydrogens is 312 g/mol. The molecule has 8 heteroatoms. The first-order chi connectivity index (χ1) is 9.71. The fourth-order valence-electron chi connectivity index (χ4n) is 2.05. The van der Waals surface area contributed by atoms with Gasteiger partial charge in [0.2, 0.25) is 0 Å². The number of sulfonamides is 1. The van der Waals surface area contributed by atoms with Gasteiger partial charge in [-0.05, 0) is 24.5 Å². The van der Waals surface area contributed by atoms with E-state index < -0.39 is 10.0 Å². The lowest BCUT2D eigenvalue weighted by Crippen LogP contribution is -2.20. The molecule has 2 aromatic rings. The molecule has 0 amide bonds. The number of nitrogens with two attached hydrogens (primary N) is 1. The summed E-state index contributed by atoms with van der Waals surface area (Å²) in [6, 6.07) is 5.49. The summed E-state index contributed by atoms with van der Waals surface area (Å²) in [4.78, 5) is 0. The summed E-state index contributed by atoms with van der Waals surface area (Å²) in [7, 11) is -3.94. The van der Waals surface area contributed by atoms with Crippen molar-refractivity contribution < 1.29 is 8.42 Å². The highest BCUT2D eigenvalue weighted by Gasteiger charge is 2.23. The predicted molar refractivity (Wildman–Crippen MR) is 81.4 cm³/mol.